The van der Waals surface area contributed by atoms with Gasteiger partial charge in [-0.1, -0.05) is 0 Å². The van der Waals surface area contributed by atoms with E-state index < -0.39 is 17.9 Å². The second kappa shape index (κ2) is 2.38. The highest BCUT2D eigenvalue weighted by Gasteiger charge is 2.15. The van der Waals surface area contributed by atoms with Crippen LogP contribution in [0.5, 0.6) is 0 Å². The number of hydrogen-bond donors (Lipinski definition) is 1. The summed E-state index contributed by atoms with van der Waals surface area (Å²) < 4.78 is 0. The highest BCUT2D eigenvalue weighted by Crippen LogP contribution is 1.91. The normalized spacial score (nSPS) is 23.2. The van der Waals surface area contributed by atoms with Crippen LogP contribution in [-0.4, -0.2) is 35.5 Å². The molecule has 1 rings (SSSR count). The second-order valence-corrected chi connectivity index (χ2v) is 1.68. The maximum Gasteiger partial charge on any atom is 0.334 e. The molecule has 0 aliphatic carbocycles. The molecule has 0 aromatic carbocycles. The predicted molar refractivity (Wildman–Crippen MR) is 33.4 cm³/mol. The van der Waals surface area contributed by atoms with Gasteiger partial charge in [0, 0.05) is 6.21 Å². The molecule has 1 N–H and O–H groups in total. The van der Waals surface area contributed by atoms with Gasteiger partial charge in [0.05, 0.1) is 6.21 Å². The number of carbonyl (C=O) groups excluding carboxylic acids is 1. The summed E-state index contributed by atoms with van der Waals surface area (Å²) in [7, 11) is 0. The molecule has 0 radical (unpaired) electrons. The number of carboxylic acids is 1. The Kier molecular flexibility index (Phi) is 1.57. The maximum absolute atomic E-state index is 10.3. The number of aliphatic imine (C=N–C) groups is 2. The minimum atomic E-state index is -1.10. The van der Waals surface area contributed by atoms with Crippen LogP contribution in [0, 0.1) is 0 Å². The van der Waals surface area contributed by atoms with E-state index in [-0.39, 0.29) is 0 Å². The lowest BCUT2D eigenvalue weighted by molar-refractivity contribution is -0.136. The second-order valence-electron chi connectivity index (χ2n) is 1.68. The van der Waals surface area contributed by atoms with Gasteiger partial charge in [-0.2, -0.15) is 0 Å². The Labute approximate surface area is 56.1 Å². The molecule has 1 aliphatic rings. The Morgan fingerprint density at radius 2 is 2.40 bits per heavy atom. The van der Waals surface area contributed by atoms with E-state index in [4.69, 9.17) is 5.11 Å². The molecule has 1 atom stereocenters. The number of nitrogens with zero attached hydrogens (tertiary/aromatic N) is 2. The molecule has 5 heteroatoms. The van der Waals surface area contributed by atoms with E-state index in [1.54, 1.807) is 0 Å². The van der Waals surface area contributed by atoms with E-state index in [0.29, 0.717) is 0 Å². The summed E-state index contributed by atoms with van der Waals surface area (Å²) >= 11 is 0. The first-order valence-corrected chi connectivity index (χ1v) is 2.54. The molecule has 1 amide bonds. The van der Waals surface area contributed by atoms with Crippen LogP contribution in [0.1, 0.15) is 0 Å². The van der Waals surface area contributed by atoms with Gasteiger partial charge in [0.1, 0.15) is 0 Å². The van der Waals surface area contributed by atoms with Crippen LogP contribution in [0.4, 0.5) is 0 Å². The lowest BCUT2D eigenvalue weighted by Gasteiger charge is -2.01. The first kappa shape index (κ1) is 6.60. The number of hydrogen-bond acceptors (Lipinski definition) is 3. The number of carbonyl (C=O) groups is 2. The van der Waals surface area contributed by atoms with Crippen LogP contribution >= 0.6 is 0 Å². The molecule has 1 heterocycles. The average Bonchev–Trinajstić information content (AvgIpc) is 1.88. The summed E-state index contributed by atoms with van der Waals surface area (Å²) in [5.74, 6) is -1.62. The van der Waals surface area contributed by atoms with Crippen molar-refractivity contribution >= 4 is 24.3 Å². The summed E-state index contributed by atoms with van der Waals surface area (Å²) in [5, 5.41) is 8.31. The van der Waals surface area contributed by atoms with E-state index >= 15 is 0 Å². The molecular formula is C5H4N2O3. The van der Waals surface area contributed by atoms with E-state index in [0.717, 1.165) is 12.4 Å². The van der Waals surface area contributed by atoms with Crippen molar-refractivity contribution in [3.63, 3.8) is 0 Å². The Morgan fingerprint density at radius 1 is 1.70 bits per heavy atom. The first-order chi connectivity index (χ1) is 4.70. The largest absolute Gasteiger partial charge is 0.479 e. The molecule has 0 aromatic rings. The van der Waals surface area contributed by atoms with Crippen LogP contribution in [0.3, 0.4) is 0 Å². The van der Waals surface area contributed by atoms with Gasteiger partial charge in [-0.15, -0.1) is 0 Å². The van der Waals surface area contributed by atoms with Crippen molar-refractivity contribution in [2.75, 3.05) is 0 Å². The smallest absolute Gasteiger partial charge is 0.334 e. The number of amides is 1. The molecule has 0 saturated carbocycles. The van der Waals surface area contributed by atoms with Gasteiger partial charge in [0.25, 0.3) is 5.91 Å². The topological polar surface area (TPSA) is 79.1 Å². The highest BCUT2D eigenvalue weighted by molar-refractivity contribution is 6.30. The zero-order valence-electron chi connectivity index (χ0n) is 4.89. The summed E-state index contributed by atoms with van der Waals surface area (Å²) in [5.41, 5.74) is 0. The van der Waals surface area contributed by atoms with Crippen molar-refractivity contribution in [2.45, 2.75) is 6.04 Å². The Balaban J connectivity index is 2.71. The zero-order valence-corrected chi connectivity index (χ0v) is 4.89. The third kappa shape index (κ3) is 1.25. The Hall–Kier alpha value is -1.52. The van der Waals surface area contributed by atoms with Crippen LogP contribution in [0.25, 0.3) is 0 Å². The van der Waals surface area contributed by atoms with Crippen molar-refractivity contribution < 1.29 is 14.7 Å². The standard InChI is InChI=1S/C5H4N2O3/c8-4-2-6-3(1-7-4)5(9)10/h1-3H,(H,9,10). The monoisotopic (exact) mass is 140 g/mol. The van der Waals surface area contributed by atoms with Gasteiger partial charge in [-0.3, -0.25) is 9.79 Å². The minimum Gasteiger partial charge on any atom is -0.479 e. The SMILES string of the molecule is O=C1C=NC(C(=O)O)C=N1. The Morgan fingerprint density at radius 3 is 2.80 bits per heavy atom. The fourth-order valence-corrected chi connectivity index (χ4v) is 0.487. The Bertz CT molecular complexity index is 215. The van der Waals surface area contributed by atoms with Crippen LogP contribution in [0.15, 0.2) is 9.98 Å². The van der Waals surface area contributed by atoms with E-state index in [9.17, 15) is 9.59 Å². The summed E-state index contributed by atoms with van der Waals surface area (Å²) in [6.45, 7) is 0. The van der Waals surface area contributed by atoms with Gasteiger partial charge in [0.15, 0.2) is 6.04 Å². The molecule has 0 spiro atoms. The number of aliphatic carboxylic acids is 1. The van der Waals surface area contributed by atoms with Crippen molar-refractivity contribution in [1.29, 1.82) is 0 Å². The summed E-state index contributed by atoms with van der Waals surface area (Å²) in [6.07, 6.45) is 1.91. The summed E-state index contributed by atoms with van der Waals surface area (Å²) in [6, 6.07) is -0.988. The van der Waals surface area contributed by atoms with Crippen LogP contribution in [-0.2, 0) is 9.59 Å². The number of carboxylic acid groups (broad SMARTS) is 1. The molecule has 0 fully saturated rings. The molecule has 52 valence electrons. The van der Waals surface area contributed by atoms with Gasteiger partial charge in [-0.25, -0.2) is 9.79 Å². The lowest BCUT2D eigenvalue weighted by atomic mass is 10.3. The minimum absolute atomic E-state index is 0.516. The van der Waals surface area contributed by atoms with Crippen LogP contribution < -0.4 is 0 Å². The summed E-state index contributed by atoms with van der Waals surface area (Å²) in [4.78, 5) is 27.1. The molecule has 0 saturated heterocycles. The molecule has 5 nitrogen and oxygen atoms in total. The molecule has 0 aromatic heterocycles. The zero-order chi connectivity index (χ0) is 7.56. The van der Waals surface area contributed by atoms with Crippen molar-refractivity contribution in [2.24, 2.45) is 9.98 Å². The van der Waals surface area contributed by atoms with E-state index in [2.05, 4.69) is 9.98 Å². The number of rotatable bonds is 1. The molecular weight excluding hydrogens is 136 g/mol. The van der Waals surface area contributed by atoms with E-state index in [1.165, 1.54) is 0 Å². The van der Waals surface area contributed by atoms with Crippen molar-refractivity contribution in [1.82, 2.24) is 0 Å². The molecule has 1 aliphatic heterocycles. The predicted octanol–water partition coefficient (Wildman–Crippen LogP) is -0.879. The lowest BCUT2D eigenvalue weighted by Crippen LogP contribution is -2.23. The highest BCUT2D eigenvalue weighted by atomic mass is 16.4. The van der Waals surface area contributed by atoms with Gasteiger partial charge in [0.2, 0.25) is 0 Å². The maximum atomic E-state index is 10.3. The van der Waals surface area contributed by atoms with E-state index in [1.807, 2.05) is 0 Å². The van der Waals surface area contributed by atoms with Gasteiger partial charge in [-0.05, 0) is 0 Å². The average molecular weight is 140 g/mol. The van der Waals surface area contributed by atoms with Gasteiger partial charge < -0.3 is 5.11 Å². The quantitative estimate of drug-likeness (QED) is 0.513. The molecule has 1 unspecified atom stereocenters. The van der Waals surface area contributed by atoms with Crippen LogP contribution in [0.2, 0.25) is 0 Å². The third-order valence-corrected chi connectivity index (χ3v) is 0.942. The van der Waals surface area contributed by atoms with Crippen molar-refractivity contribution in [3.8, 4) is 0 Å². The fraction of sp³-hybridized carbons (Fsp3) is 0.200. The van der Waals surface area contributed by atoms with Gasteiger partial charge >= 0.3 is 5.97 Å². The first-order valence-electron chi connectivity index (χ1n) is 2.54. The molecule has 0 bridgehead atoms. The molecule has 10 heavy (non-hydrogen) atoms. The van der Waals surface area contributed by atoms with Crippen molar-refractivity contribution in [3.05, 3.63) is 0 Å². The fourth-order valence-electron chi connectivity index (χ4n) is 0.487. The third-order valence-electron chi connectivity index (χ3n) is 0.942.